The molecule has 0 unspecified atom stereocenters. The zero-order valence-corrected chi connectivity index (χ0v) is 19.1. The SMILES string of the molecule is Cc1ccc(OCc2ccc(-c3nc(C#N)c(N4CCN(Cc5ccccc5)CC4)o3)o2)cc1. The predicted molar refractivity (Wildman–Crippen MR) is 128 cm³/mol. The summed E-state index contributed by atoms with van der Waals surface area (Å²) < 4.78 is 17.7. The summed E-state index contributed by atoms with van der Waals surface area (Å²) in [6.45, 7) is 6.56. The van der Waals surface area contributed by atoms with Crippen molar-refractivity contribution in [3.63, 3.8) is 0 Å². The van der Waals surface area contributed by atoms with Gasteiger partial charge in [0.05, 0.1) is 0 Å². The highest BCUT2D eigenvalue weighted by Crippen LogP contribution is 2.30. The summed E-state index contributed by atoms with van der Waals surface area (Å²) in [4.78, 5) is 8.87. The molecule has 7 nitrogen and oxygen atoms in total. The van der Waals surface area contributed by atoms with Crippen LogP contribution in [-0.2, 0) is 13.2 Å². The molecule has 0 spiro atoms. The van der Waals surface area contributed by atoms with E-state index in [4.69, 9.17) is 13.6 Å². The van der Waals surface area contributed by atoms with E-state index in [2.05, 4.69) is 45.1 Å². The van der Waals surface area contributed by atoms with Crippen LogP contribution >= 0.6 is 0 Å². The third-order valence-corrected chi connectivity index (χ3v) is 5.90. The van der Waals surface area contributed by atoms with Gasteiger partial charge in [0.15, 0.2) is 5.76 Å². The van der Waals surface area contributed by atoms with Gasteiger partial charge in [-0.1, -0.05) is 48.0 Å². The first kappa shape index (κ1) is 21.8. The van der Waals surface area contributed by atoms with Gasteiger partial charge in [0.1, 0.15) is 24.2 Å². The lowest BCUT2D eigenvalue weighted by atomic mass is 10.2. The maximum Gasteiger partial charge on any atom is 0.266 e. The molecule has 1 saturated heterocycles. The molecular formula is C27H26N4O3. The van der Waals surface area contributed by atoms with Crippen molar-refractivity contribution >= 4 is 5.88 Å². The Labute approximate surface area is 198 Å². The second kappa shape index (κ2) is 9.86. The van der Waals surface area contributed by atoms with Crippen LogP contribution in [0.5, 0.6) is 5.75 Å². The highest BCUT2D eigenvalue weighted by molar-refractivity contribution is 5.56. The molecule has 1 aliphatic heterocycles. The van der Waals surface area contributed by atoms with Gasteiger partial charge in [-0.15, -0.1) is 0 Å². The lowest BCUT2D eigenvalue weighted by molar-refractivity contribution is 0.246. The minimum atomic E-state index is 0.278. The topological polar surface area (TPSA) is 78.7 Å². The molecule has 4 aromatic rings. The van der Waals surface area contributed by atoms with Crippen molar-refractivity contribution in [3.05, 3.63) is 89.3 Å². The maximum atomic E-state index is 9.63. The van der Waals surface area contributed by atoms with Gasteiger partial charge >= 0.3 is 0 Å². The molecule has 0 saturated carbocycles. The summed E-state index contributed by atoms with van der Waals surface area (Å²) in [5.41, 5.74) is 2.76. The maximum absolute atomic E-state index is 9.63. The average Bonchev–Trinajstić information content (AvgIpc) is 3.52. The van der Waals surface area contributed by atoms with Gasteiger partial charge in [0.2, 0.25) is 11.6 Å². The number of rotatable bonds is 7. The molecule has 0 radical (unpaired) electrons. The molecule has 172 valence electrons. The third-order valence-electron chi connectivity index (χ3n) is 5.90. The fraction of sp³-hybridized carbons (Fsp3) is 0.259. The van der Waals surface area contributed by atoms with E-state index in [1.54, 1.807) is 6.07 Å². The Balaban J connectivity index is 1.22. The number of hydrogen-bond acceptors (Lipinski definition) is 7. The van der Waals surface area contributed by atoms with Gasteiger partial charge in [-0.05, 0) is 36.8 Å². The predicted octanol–water partition coefficient (Wildman–Crippen LogP) is 5.02. The van der Waals surface area contributed by atoms with Crippen molar-refractivity contribution in [2.75, 3.05) is 31.1 Å². The van der Waals surface area contributed by atoms with Gasteiger partial charge in [-0.2, -0.15) is 10.2 Å². The Morgan fingerprint density at radius 2 is 1.71 bits per heavy atom. The number of benzene rings is 2. The second-order valence-electron chi connectivity index (χ2n) is 8.40. The summed E-state index contributed by atoms with van der Waals surface area (Å²) in [5.74, 6) is 2.72. The molecule has 2 aromatic carbocycles. The molecule has 7 heteroatoms. The van der Waals surface area contributed by atoms with Crippen LogP contribution in [0.2, 0.25) is 0 Å². The Morgan fingerprint density at radius 1 is 0.941 bits per heavy atom. The zero-order chi connectivity index (χ0) is 23.3. The van der Waals surface area contributed by atoms with Crippen molar-refractivity contribution in [3.8, 4) is 23.5 Å². The van der Waals surface area contributed by atoms with Gasteiger partial charge in [-0.3, -0.25) is 4.90 Å². The normalized spacial score (nSPS) is 14.2. The standard InChI is InChI=1S/C27H26N4O3/c1-20-7-9-22(10-8-20)32-19-23-11-12-25(33-23)26-29-24(17-28)27(34-26)31-15-13-30(14-16-31)18-21-5-3-2-4-6-21/h2-12H,13-16,18-19H2,1H3. The van der Waals surface area contributed by atoms with E-state index in [9.17, 15) is 5.26 Å². The molecule has 5 rings (SSSR count). The highest BCUT2D eigenvalue weighted by atomic mass is 16.5. The molecule has 34 heavy (non-hydrogen) atoms. The van der Waals surface area contributed by atoms with Gasteiger partial charge in [0, 0.05) is 32.7 Å². The molecule has 1 fully saturated rings. The quantitative estimate of drug-likeness (QED) is 0.388. The van der Waals surface area contributed by atoms with Crippen LogP contribution < -0.4 is 9.64 Å². The fourth-order valence-corrected chi connectivity index (χ4v) is 4.01. The monoisotopic (exact) mass is 454 g/mol. The smallest absolute Gasteiger partial charge is 0.266 e. The average molecular weight is 455 g/mol. The largest absolute Gasteiger partial charge is 0.486 e. The Hall–Kier alpha value is -4.02. The molecule has 0 bridgehead atoms. The van der Waals surface area contributed by atoms with Crippen molar-refractivity contribution in [2.24, 2.45) is 0 Å². The first-order chi connectivity index (χ1) is 16.7. The van der Waals surface area contributed by atoms with Crippen LogP contribution in [0.25, 0.3) is 11.7 Å². The summed E-state index contributed by atoms with van der Waals surface area (Å²) >= 11 is 0. The molecule has 0 aliphatic carbocycles. The summed E-state index contributed by atoms with van der Waals surface area (Å²) in [7, 11) is 0. The minimum absolute atomic E-state index is 0.278. The summed E-state index contributed by atoms with van der Waals surface area (Å²) in [6, 6.07) is 24.1. The lowest BCUT2D eigenvalue weighted by Crippen LogP contribution is -2.46. The van der Waals surface area contributed by atoms with E-state index in [1.165, 1.54) is 11.1 Å². The Bertz CT molecular complexity index is 1260. The molecule has 0 amide bonds. The number of aromatic nitrogens is 1. The van der Waals surface area contributed by atoms with Crippen molar-refractivity contribution in [2.45, 2.75) is 20.1 Å². The zero-order valence-electron chi connectivity index (χ0n) is 19.1. The number of piperazine rings is 1. The van der Waals surface area contributed by atoms with E-state index in [-0.39, 0.29) is 5.69 Å². The first-order valence-corrected chi connectivity index (χ1v) is 11.4. The van der Waals surface area contributed by atoms with Crippen LogP contribution in [0.1, 0.15) is 22.6 Å². The molecular weight excluding hydrogens is 428 g/mol. The highest BCUT2D eigenvalue weighted by Gasteiger charge is 2.25. The molecule has 3 heterocycles. The van der Waals surface area contributed by atoms with E-state index >= 15 is 0 Å². The minimum Gasteiger partial charge on any atom is -0.486 e. The van der Waals surface area contributed by atoms with Crippen LogP contribution in [0.3, 0.4) is 0 Å². The number of aryl methyl sites for hydroxylation is 1. The summed E-state index contributed by atoms with van der Waals surface area (Å²) in [5, 5.41) is 9.63. The number of oxazole rings is 1. The second-order valence-corrected chi connectivity index (χ2v) is 8.40. The van der Waals surface area contributed by atoms with Crippen LogP contribution in [0.4, 0.5) is 5.88 Å². The van der Waals surface area contributed by atoms with Crippen molar-refractivity contribution in [1.29, 1.82) is 5.26 Å². The molecule has 2 aromatic heterocycles. The van der Waals surface area contributed by atoms with E-state index in [0.29, 0.717) is 29.9 Å². The fourth-order valence-electron chi connectivity index (χ4n) is 4.01. The Morgan fingerprint density at radius 3 is 2.44 bits per heavy atom. The molecule has 0 atom stereocenters. The Kier molecular flexibility index (Phi) is 6.32. The van der Waals surface area contributed by atoms with Crippen LogP contribution in [0.15, 0.2) is 75.6 Å². The number of nitriles is 1. The molecule has 0 N–H and O–H groups in total. The van der Waals surface area contributed by atoms with E-state index < -0.39 is 0 Å². The van der Waals surface area contributed by atoms with Crippen molar-refractivity contribution in [1.82, 2.24) is 9.88 Å². The lowest BCUT2D eigenvalue weighted by Gasteiger charge is -2.34. The number of anilines is 1. The third kappa shape index (κ3) is 4.98. The van der Waals surface area contributed by atoms with Crippen molar-refractivity contribution < 1.29 is 13.6 Å². The summed E-state index contributed by atoms with van der Waals surface area (Å²) in [6.07, 6.45) is 0. The van der Waals surface area contributed by atoms with E-state index in [0.717, 1.165) is 38.5 Å². The number of nitrogens with zero attached hydrogens (tertiary/aromatic N) is 4. The van der Waals surface area contributed by atoms with Gasteiger partial charge in [-0.25, -0.2) is 0 Å². The number of furan rings is 1. The van der Waals surface area contributed by atoms with Gasteiger partial charge < -0.3 is 18.5 Å². The number of ether oxygens (including phenoxy) is 1. The van der Waals surface area contributed by atoms with E-state index in [1.807, 2.05) is 43.3 Å². The van der Waals surface area contributed by atoms with Crippen LogP contribution in [-0.4, -0.2) is 36.1 Å². The number of hydrogen-bond donors (Lipinski definition) is 0. The molecule has 1 aliphatic rings. The van der Waals surface area contributed by atoms with Crippen LogP contribution in [0, 0.1) is 18.3 Å². The van der Waals surface area contributed by atoms with Gasteiger partial charge in [0.25, 0.3) is 5.89 Å². The first-order valence-electron chi connectivity index (χ1n) is 11.4.